The molecule has 3 aromatic carbocycles. The smallest absolute Gasteiger partial charge is 0.338 e. The summed E-state index contributed by atoms with van der Waals surface area (Å²) >= 11 is 0. The molecule has 0 aromatic heterocycles. The molecule has 2 aliphatic rings. The average molecular weight is 637 g/mol. The summed E-state index contributed by atoms with van der Waals surface area (Å²) in [6, 6.07) is 11.8. The van der Waals surface area contributed by atoms with Gasteiger partial charge in [0.1, 0.15) is 11.7 Å². The Morgan fingerprint density at radius 2 is 1.57 bits per heavy atom. The van der Waals surface area contributed by atoms with Gasteiger partial charge in [-0.25, -0.2) is 4.79 Å². The number of ether oxygens (including phenoxy) is 8. The zero-order chi connectivity index (χ0) is 33.3. The number of aliphatic hydroxyl groups is 1. The fraction of sp³-hybridized carbons (Fsp3) is 0.429. The molecule has 5 rings (SSSR count). The van der Waals surface area contributed by atoms with Crippen molar-refractivity contribution >= 4 is 11.9 Å². The van der Waals surface area contributed by atoms with Crippen LogP contribution in [0.2, 0.25) is 0 Å². The van der Waals surface area contributed by atoms with Gasteiger partial charge in [0.2, 0.25) is 18.3 Å². The summed E-state index contributed by atoms with van der Waals surface area (Å²) < 4.78 is 47.6. The van der Waals surface area contributed by atoms with E-state index in [4.69, 9.17) is 37.9 Å². The first-order valence-corrected chi connectivity index (χ1v) is 15.1. The Hall–Kier alpha value is -4.64. The van der Waals surface area contributed by atoms with Crippen molar-refractivity contribution in [1.29, 1.82) is 0 Å². The number of carbonyl (C=O) groups excluding carboxylic acids is 2. The third kappa shape index (κ3) is 5.42. The van der Waals surface area contributed by atoms with Gasteiger partial charge in [-0.05, 0) is 37.6 Å². The van der Waals surface area contributed by atoms with Crippen LogP contribution in [0.3, 0.4) is 0 Å². The number of rotatable bonds is 9. The van der Waals surface area contributed by atoms with Crippen LogP contribution in [-0.2, 0) is 14.3 Å². The minimum atomic E-state index is -1.84. The molecule has 0 saturated heterocycles. The van der Waals surface area contributed by atoms with Crippen LogP contribution < -0.4 is 28.4 Å². The zero-order valence-electron chi connectivity index (χ0n) is 27.3. The average Bonchev–Trinajstić information content (AvgIpc) is 3.55. The summed E-state index contributed by atoms with van der Waals surface area (Å²) in [4.78, 5) is 27.1. The van der Waals surface area contributed by atoms with Crippen molar-refractivity contribution in [2.75, 3.05) is 35.2 Å². The third-order valence-electron chi connectivity index (χ3n) is 8.95. The number of methoxy groups -OCH3 is 4. The number of hydrogen-bond acceptors (Lipinski definition) is 11. The third-order valence-corrected chi connectivity index (χ3v) is 8.95. The molecule has 0 spiro atoms. The lowest BCUT2D eigenvalue weighted by molar-refractivity contribution is -0.172. The number of carbonyl (C=O) groups is 2. The van der Waals surface area contributed by atoms with E-state index in [9.17, 15) is 14.7 Å². The molecule has 0 saturated carbocycles. The summed E-state index contributed by atoms with van der Waals surface area (Å²) in [6.45, 7) is 6.88. The van der Waals surface area contributed by atoms with E-state index in [2.05, 4.69) is 0 Å². The second kappa shape index (κ2) is 13.0. The minimum Gasteiger partial charge on any atom is -0.493 e. The van der Waals surface area contributed by atoms with E-state index < -0.39 is 41.6 Å². The van der Waals surface area contributed by atoms with Crippen molar-refractivity contribution in [1.82, 2.24) is 0 Å². The van der Waals surface area contributed by atoms with Crippen molar-refractivity contribution in [2.24, 2.45) is 11.8 Å². The molecule has 246 valence electrons. The minimum absolute atomic E-state index is 0.0631. The first-order valence-electron chi connectivity index (χ1n) is 15.1. The normalized spacial score (nSPS) is 21.9. The van der Waals surface area contributed by atoms with Crippen molar-refractivity contribution in [2.45, 2.75) is 51.9 Å². The lowest BCUT2D eigenvalue weighted by atomic mass is 9.71. The van der Waals surface area contributed by atoms with Crippen LogP contribution in [0.15, 0.2) is 42.5 Å². The molecule has 1 aliphatic heterocycles. The molecular formula is C35H40O11. The van der Waals surface area contributed by atoms with Gasteiger partial charge in [0.05, 0.1) is 39.9 Å². The topological polar surface area (TPSA) is 128 Å². The molecule has 11 nitrogen and oxygen atoms in total. The molecule has 46 heavy (non-hydrogen) atoms. The summed E-state index contributed by atoms with van der Waals surface area (Å²) in [7, 11) is 5.88. The molecule has 1 N–H and O–H groups in total. The van der Waals surface area contributed by atoms with Gasteiger partial charge in [-0.1, -0.05) is 39.0 Å². The quantitative estimate of drug-likeness (QED) is 0.276. The largest absolute Gasteiger partial charge is 0.493 e. The van der Waals surface area contributed by atoms with E-state index in [1.54, 1.807) is 63.2 Å². The molecule has 3 aromatic rings. The monoisotopic (exact) mass is 636 g/mol. The first kappa shape index (κ1) is 32.7. The molecule has 0 bridgehead atoms. The van der Waals surface area contributed by atoms with Crippen LogP contribution >= 0.6 is 0 Å². The van der Waals surface area contributed by atoms with Crippen LogP contribution in [0, 0.1) is 11.8 Å². The number of esters is 2. The second-order valence-electron chi connectivity index (χ2n) is 11.6. The summed E-state index contributed by atoms with van der Waals surface area (Å²) in [5.41, 5.74) is 0.0115. The van der Waals surface area contributed by atoms with Crippen LogP contribution in [0.1, 0.15) is 67.8 Å². The summed E-state index contributed by atoms with van der Waals surface area (Å²) in [5.74, 6) is -0.746. The molecular weight excluding hydrogens is 596 g/mol. The molecule has 0 radical (unpaired) electrons. The maximum absolute atomic E-state index is 13.7. The van der Waals surface area contributed by atoms with Gasteiger partial charge < -0.3 is 43.0 Å². The standard InChI is InChI=1S/C35H40O11/c1-9-18(2)33(36)45-27-19(3)35(4,38)32(46-34(37)20-13-11-10-12-14-20)22-16-23(39-5)28(40-6)30(41-7)26(22)25-21(27)15-24-29(31(25)42-8)44-17-43-24/h10-16,18-19,27,32,38H,9,17H2,1-8H3. The predicted molar refractivity (Wildman–Crippen MR) is 167 cm³/mol. The highest BCUT2D eigenvalue weighted by Gasteiger charge is 2.52. The highest BCUT2D eigenvalue weighted by Crippen LogP contribution is 2.61. The maximum atomic E-state index is 13.7. The molecule has 11 heteroatoms. The molecule has 5 unspecified atom stereocenters. The highest BCUT2D eigenvalue weighted by molar-refractivity contribution is 5.92. The van der Waals surface area contributed by atoms with Gasteiger partial charge >= 0.3 is 11.9 Å². The van der Waals surface area contributed by atoms with E-state index >= 15 is 0 Å². The molecule has 5 atom stereocenters. The van der Waals surface area contributed by atoms with Crippen molar-refractivity contribution in [3.8, 4) is 45.6 Å². The Kier molecular flexibility index (Phi) is 9.25. The summed E-state index contributed by atoms with van der Waals surface area (Å²) in [6.07, 6.45) is -1.87. The van der Waals surface area contributed by atoms with E-state index in [-0.39, 0.29) is 35.4 Å². The van der Waals surface area contributed by atoms with E-state index in [0.717, 1.165) is 0 Å². The van der Waals surface area contributed by atoms with Crippen molar-refractivity contribution < 1.29 is 52.6 Å². The number of fused-ring (bicyclic) bond motifs is 4. The van der Waals surface area contributed by atoms with Crippen LogP contribution in [-0.4, -0.2) is 57.9 Å². The Morgan fingerprint density at radius 1 is 0.913 bits per heavy atom. The Balaban J connectivity index is 1.92. The molecule has 1 aliphatic carbocycles. The van der Waals surface area contributed by atoms with E-state index in [0.29, 0.717) is 40.2 Å². The van der Waals surface area contributed by atoms with Gasteiger partial charge in [0, 0.05) is 28.2 Å². The second-order valence-corrected chi connectivity index (χ2v) is 11.6. The predicted octanol–water partition coefficient (Wildman–Crippen LogP) is 6.05. The lowest BCUT2D eigenvalue weighted by Crippen LogP contribution is -2.46. The van der Waals surface area contributed by atoms with E-state index in [1.165, 1.54) is 28.4 Å². The van der Waals surface area contributed by atoms with Gasteiger partial charge in [-0.2, -0.15) is 0 Å². The Labute approximate surface area is 268 Å². The molecule has 0 fully saturated rings. The molecule has 1 heterocycles. The van der Waals surface area contributed by atoms with Gasteiger partial charge in [-0.3, -0.25) is 4.79 Å². The van der Waals surface area contributed by atoms with Gasteiger partial charge in [0.25, 0.3) is 0 Å². The number of benzene rings is 3. The fourth-order valence-corrected chi connectivity index (χ4v) is 5.98. The lowest BCUT2D eigenvalue weighted by Gasteiger charge is -2.44. The van der Waals surface area contributed by atoms with Gasteiger partial charge in [-0.15, -0.1) is 0 Å². The van der Waals surface area contributed by atoms with Gasteiger partial charge in [0.15, 0.2) is 29.1 Å². The first-order chi connectivity index (χ1) is 22.0. The number of hydrogen-bond donors (Lipinski definition) is 1. The SMILES string of the molecule is CCC(C)C(=O)OC1c2cc3c(c(OC)c2-c2c(cc(OC)c(OC)c2OC)C(OC(=O)c2ccccc2)C(C)(O)C1C)OCO3. The van der Waals surface area contributed by atoms with E-state index in [1.807, 2.05) is 6.92 Å². The highest BCUT2D eigenvalue weighted by atomic mass is 16.7. The Morgan fingerprint density at radius 3 is 2.17 bits per heavy atom. The maximum Gasteiger partial charge on any atom is 0.338 e. The van der Waals surface area contributed by atoms with Crippen molar-refractivity contribution in [3.05, 3.63) is 59.2 Å². The zero-order valence-corrected chi connectivity index (χ0v) is 27.3. The summed E-state index contributed by atoms with van der Waals surface area (Å²) in [5, 5.41) is 12.6. The Bertz CT molecular complexity index is 1610. The van der Waals surface area contributed by atoms with Crippen LogP contribution in [0.4, 0.5) is 0 Å². The van der Waals surface area contributed by atoms with Crippen LogP contribution in [0.25, 0.3) is 11.1 Å². The van der Waals surface area contributed by atoms with Crippen LogP contribution in [0.5, 0.6) is 34.5 Å². The van der Waals surface area contributed by atoms with Crippen molar-refractivity contribution in [3.63, 3.8) is 0 Å². The fourth-order valence-electron chi connectivity index (χ4n) is 5.98. The molecule has 0 amide bonds.